The Hall–Kier alpha value is -2.92. The van der Waals surface area contributed by atoms with Gasteiger partial charge in [0.1, 0.15) is 16.9 Å². The predicted molar refractivity (Wildman–Crippen MR) is 110 cm³/mol. The van der Waals surface area contributed by atoms with Crippen molar-refractivity contribution in [2.75, 3.05) is 17.6 Å². The molecule has 1 heterocycles. The topological polar surface area (TPSA) is 41.6 Å². The number of ether oxygens (including phenoxy) is 1. The smallest absolute Gasteiger partial charge is 0.323 e. The first-order valence-corrected chi connectivity index (χ1v) is 9.91. The minimum absolute atomic E-state index is 0.0203. The Morgan fingerprint density at radius 2 is 1.63 bits per heavy atom. The number of rotatable bonds is 4. The summed E-state index contributed by atoms with van der Waals surface area (Å²) in [6, 6.07) is 27.1. The van der Waals surface area contributed by atoms with Crippen molar-refractivity contribution < 1.29 is 9.53 Å². The number of hydrogen-bond acceptors (Lipinski definition) is 3. The second-order valence-corrected chi connectivity index (χ2v) is 7.39. The SMILES string of the molecule is O=C(Nc1ccccc1)N1CCS[C@H]1c1cccc(Oc2ccccc2)c1. The summed E-state index contributed by atoms with van der Waals surface area (Å²) in [6.07, 6.45) is 0. The molecule has 3 aromatic carbocycles. The highest BCUT2D eigenvalue weighted by Crippen LogP contribution is 2.39. The summed E-state index contributed by atoms with van der Waals surface area (Å²) in [6.45, 7) is 0.720. The summed E-state index contributed by atoms with van der Waals surface area (Å²) < 4.78 is 5.94. The fraction of sp³-hybridized carbons (Fsp3) is 0.136. The van der Waals surface area contributed by atoms with Gasteiger partial charge in [0.25, 0.3) is 0 Å². The van der Waals surface area contributed by atoms with Crippen molar-refractivity contribution in [2.24, 2.45) is 0 Å². The van der Waals surface area contributed by atoms with Crippen LogP contribution in [-0.4, -0.2) is 23.2 Å². The van der Waals surface area contributed by atoms with E-state index in [1.807, 2.05) is 89.8 Å². The average molecular weight is 376 g/mol. The van der Waals surface area contributed by atoms with E-state index in [9.17, 15) is 4.79 Å². The van der Waals surface area contributed by atoms with Gasteiger partial charge in [0.05, 0.1) is 0 Å². The number of amides is 2. The highest BCUT2D eigenvalue weighted by molar-refractivity contribution is 7.99. The Balaban J connectivity index is 1.50. The van der Waals surface area contributed by atoms with Gasteiger partial charge in [-0.3, -0.25) is 0 Å². The van der Waals surface area contributed by atoms with Crippen molar-refractivity contribution in [1.82, 2.24) is 4.90 Å². The quantitative estimate of drug-likeness (QED) is 0.629. The van der Waals surface area contributed by atoms with Crippen molar-refractivity contribution >= 4 is 23.5 Å². The summed E-state index contributed by atoms with van der Waals surface area (Å²) in [5.74, 6) is 2.48. The van der Waals surface area contributed by atoms with Crippen molar-refractivity contribution in [3.63, 3.8) is 0 Å². The Morgan fingerprint density at radius 1 is 0.926 bits per heavy atom. The molecule has 0 unspecified atom stereocenters. The van der Waals surface area contributed by atoms with Crippen LogP contribution < -0.4 is 10.1 Å². The van der Waals surface area contributed by atoms with Crippen molar-refractivity contribution in [3.8, 4) is 11.5 Å². The Bertz CT molecular complexity index is 902. The molecule has 0 spiro atoms. The van der Waals surface area contributed by atoms with Crippen LogP contribution in [0.3, 0.4) is 0 Å². The van der Waals surface area contributed by atoms with E-state index in [0.717, 1.165) is 35.0 Å². The molecule has 0 radical (unpaired) electrons. The highest BCUT2D eigenvalue weighted by Gasteiger charge is 2.31. The molecule has 1 N–H and O–H groups in total. The molecule has 0 saturated carbocycles. The number of carbonyl (C=O) groups is 1. The fourth-order valence-corrected chi connectivity index (χ4v) is 4.27. The molecular formula is C22H20N2O2S. The van der Waals surface area contributed by atoms with E-state index in [1.165, 1.54) is 0 Å². The number of anilines is 1. The first-order chi connectivity index (χ1) is 13.3. The summed E-state index contributed by atoms with van der Waals surface area (Å²) in [7, 11) is 0. The predicted octanol–water partition coefficient (Wildman–Crippen LogP) is 5.76. The molecule has 4 nitrogen and oxygen atoms in total. The maximum absolute atomic E-state index is 12.7. The Labute approximate surface area is 163 Å². The van der Waals surface area contributed by atoms with Crippen LogP contribution in [0.2, 0.25) is 0 Å². The molecule has 27 heavy (non-hydrogen) atoms. The van der Waals surface area contributed by atoms with Crippen molar-refractivity contribution in [3.05, 3.63) is 90.5 Å². The molecule has 5 heteroatoms. The minimum atomic E-state index is -0.0782. The largest absolute Gasteiger partial charge is 0.457 e. The molecule has 1 atom stereocenters. The van der Waals surface area contributed by atoms with Crippen molar-refractivity contribution in [1.29, 1.82) is 0 Å². The standard InChI is InChI=1S/C22H20N2O2S/c25-22(23-18-9-3-1-4-10-18)24-14-15-27-21(24)17-8-7-13-20(16-17)26-19-11-5-2-6-12-19/h1-13,16,21H,14-15H2,(H,23,25)/t21-/m0/s1. The lowest BCUT2D eigenvalue weighted by Crippen LogP contribution is -2.34. The second kappa shape index (κ2) is 8.18. The van der Waals surface area contributed by atoms with E-state index in [2.05, 4.69) is 5.32 Å². The summed E-state index contributed by atoms with van der Waals surface area (Å²) in [5.41, 5.74) is 1.87. The zero-order valence-corrected chi connectivity index (χ0v) is 15.6. The molecule has 1 aliphatic rings. The fourth-order valence-electron chi connectivity index (χ4n) is 3.03. The molecule has 1 fully saturated rings. The first-order valence-electron chi connectivity index (χ1n) is 8.87. The summed E-state index contributed by atoms with van der Waals surface area (Å²) >= 11 is 1.77. The molecular weight excluding hydrogens is 356 g/mol. The molecule has 0 bridgehead atoms. The van der Waals surface area contributed by atoms with Crippen LogP contribution in [-0.2, 0) is 0 Å². The zero-order valence-electron chi connectivity index (χ0n) is 14.7. The van der Waals surface area contributed by atoms with Crippen LogP contribution in [0, 0.1) is 0 Å². The minimum Gasteiger partial charge on any atom is -0.457 e. The molecule has 1 saturated heterocycles. The molecule has 0 aromatic heterocycles. The van der Waals surface area contributed by atoms with Gasteiger partial charge < -0.3 is 15.0 Å². The van der Waals surface area contributed by atoms with Gasteiger partial charge in [-0.05, 0) is 42.0 Å². The number of benzene rings is 3. The van der Waals surface area contributed by atoms with Crippen LogP contribution >= 0.6 is 11.8 Å². The van der Waals surface area contributed by atoms with Crippen LogP contribution in [0.25, 0.3) is 0 Å². The first kappa shape index (κ1) is 17.5. The lowest BCUT2D eigenvalue weighted by Gasteiger charge is -2.24. The van der Waals surface area contributed by atoms with Gasteiger partial charge in [-0.25, -0.2) is 4.79 Å². The van der Waals surface area contributed by atoms with Gasteiger partial charge in [-0.2, -0.15) is 0 Å². The molecule has 136 valence electrons. The van der Waals surface area contributed by atoms with Gasteiger partial charge in [0.15, 0.2) is 0 Å². The van der Waals surface area contributed by atoms with Crippen LogP contribution in [0.1, 0.15) is 10.9 Å². The lowest BCUT2D eigenvalue weighted by molar-refractivity contribution is 0.214. The monoisotopic (exact) mass is 376 g/mol. The van der Waals surface area contributed by atoms with E-state index in [-0.39, 0.29) is 11.4 Å². The molecule has 2 amide bonds. The van der Waals surface area contributed by atoms with Crippen LogP contribution in [0.15, 0.2) is 84.9 Å². The van der Waals surface area contributed by atoms with E-state index in [4.69, 9.17) is 4.74 Å². The number of thioether (sulfide) groups is 1. The maximum atomic E-state index is 12.7. The maximum Gasteiger partial charge on any atom is 0.323 e. The van der Waals surface area contributed by atoms with Gasteiger partial charge in [0, 0.05) is 18.0 Å². The third-order valence-electron chi connectivity index (χ3n) is 4.30. The Morgan fingerprint density at radius 3 is 2.41 bits per heavy atom. The van der Waals surface area contributed by atoms with Gasteiger partial charge in [-0.1, -0.05) is 48.5 Å². The number of nitrogens with one attached hydrogen (secondary N) is 1. The third kappa shape index (κ3) is 4.26. The van der Waals surface area contributed by atoms with E-state index in [1.54, 1.807) is 11.8 Å². The second-order valence-electron chi connectivity index (χ2n) is 6.20. The van der Waals surface area contributed by atoms with Gasteiger partial charge in [-0.15, -0.1) is 11.8 Å². The number of carbonyl (C=O) groups excluding carboxylic acids is 1. The molecule has 0 aliphatic carbocycles. The van der Waals surface area contributed by atoms with Crippen LogP contribution in [0.5, 0.6) is 11.5 Å². The molecule has 4 rings (SSSR count). The lowest BCUT2D eigenvalue weighted by atomic mass is 10.2. The normalized spacial score (nSPS) is 16.1. The van der Waals surface area contributed by atoms with Gasteiger partial charge in [0.2, 0.25) is 0 Å². The number of para-hydroxylation sites is 2. The zero-order chi connectivity index (χ0) is 18.5. The number of urea groups is 1. The van der Waals surface area contributed by atoms with Crippen molar-refractivity contribution in [2.45, 2.75) is 5.37 Å². The van der Waals surface area contributed by atoms with E-state index >= 15 is 0 Å². The number of hydrogen-bond donors (Lipinski definition) is 1. The summed E-state index contributed by atoms with van der Waals surface area (Å²) in [5, 5.41) is 2.96. The Kier molecular flexibility index (Phi) is 5.30. The van der Waals surface area contributed by atoms with Gasteiger partial charge >= 0.3 is 6.03 Å². The van der Waals surface area contributed by atoms with E-state index < -0.39 is 0 Å². The average Bonchev–Trinajstić information content (AvgIpc) is 3.20. The highest BCUT2D eigenvalue weighted by atomic mass is 32.2. The van der Waals surface area contributed by atoms with E-state index in [0.29, 0.717) is 0 Å². The molecule has 1 aliphatic heterocycles. The number of nitrogens with zero attached hydrogens (tertiary/aromatic N) is 1. The molecule has 3 aromatic rings. The third-order valence-corrected chi connectivity index (χ3v) is 5.56. The summed E-state index contributed by atoms with van der Waals surface area (Å²) in [4.78, 5) is 14.6. The van der Waals surface area contributed by atoms with Crippen LogP contribution in [0.4, 0.5) is 10.5 Å².